The molecular formula is C45H49ClN10O8S. The highest BCUT2D eigenvalue weighted by molar-refractivity contribution is 7.17. The summed E-state index contributed by atoms with van der Waals surface area (Å²) in [6.45, 7) is 9.59. The van der Waals surface area contributed by atoms with Crippen molar-refractivity contribution in [3.63, 3.8) is 0 Å². The van der Waals surface area contributed by atoms with Crippen LogP contribution in [0.15, 0.2) is 42.6 Å². The number of thiazole rings is 1. The molecule has 6 amide bonds. The Kier molecular flexibility index (Phi) is 12.6. The summed E-state index contributed by atoms with van der Waals surface area (Å²) >= 11 is 7.51. The van der Waals surface area contributed by atoms with E-state index >= 15 is 0 Å². The lowest BCUT2D eigenvalue weighted by Crippen LogP contribution is -2.54. The van der Waals surface area contributed by atoms with Gasteiger partial charge in [0, 0.05) is 71.1 Å². The molecular weight excluding hydrogens is 876 g/mol. The van der Waals surface area contributed by atoms with Crippen molar-refractivity contribution in [3.05, 3.63) is 80.6 Å². The Morgan fingerprint density at radius 2 is 1.72 bits per heavy atom. The second-order valence-corrected chi connectivity index (χ2v) is 18.4. The number of aryl methyl sites for hydroxylation is 3. The summed E-state index contributed by atoms with van der Waals surface area (Å²) < 4.78 is 12.5. The minimum Gasteiger partial charge on any atom is -0.487 e. The number of halogens is 1. The van der Waals surface area contributed by atoms with Crippen molar-refractivity contribution in [2.75, 3.05) is 74.6 Å². The van der Waals surface area contributed by atoms with E-state index in [0.717, 1.165) is 61.0 Å². The first kappa shape index (κ1) is 44.2. The lowest BCUT2D eigenvalue weighted by atomic mass is 9.82. The first-order chi connectivity index (χ1) is 31.3. The van der Waals surface area contributed by atoms with Crippen molar-refractivity contribution in [1.82, 2.24) is 35.0 Å². The molecule has 5 aliphatic heterocycles. The number of carbonyl (C=O) groups excluding carboxylic acids is 6. The van der Waals surface area contributed by atoms with Crippen LogP contribution in [0.5, 0.6) is 5.75 Å². The topological polar surface area (TPSA) is 209 Å². The summed E-state index contributed by atoms with van der Waals surface area (Å²) in [7, 11) is 0. The van der Waals surface area contributed by atoms with E-state index < -0.39 is 35.3 Å². The van der Waals surface area contributed by atoms with Gasteiger partial charge in [0.1, 0.15) is 39.7 Å². The fourth-order valence-electron chi connectivity index (χ4n) is 9.10. The predicted molar refractivity (Wildman–Crippen MR) is 241 cm³/mol. The fourth-order valence-corrected chi connectivity index (χ4v) is 10.1. The zero-order valence-corrected chi connectivity index (χ0v) is 37.7. The minimum absolute atomic E-state index is 0.0402. The van der Waals surface area contributed by atoms with Gasteiger partial charge in [-0.25, -0.2) is 15.0 Å². The lowest BCUT2D eigenvalue weighted by Gasteiger charge is -2.44. The Labute approximate surface area is 384 Å². The Morgan fingerprint density at radius 1 is 0.954 bits per heavy atom. The second kappa shape index (κ2) is 18.5. The third-order valence-electron chi connectivity index (χ3n) is 12.8. The smallest absolute Gasteiger partial charge is 0.267 e. The SMILES string of the molecule is Cc1nc(Nc2ncc(C(=O)Nc3c(C)cccc3Cl)s2)cc(N2CCN(CCOCCC(=O)N3CCC4(CCc5cc6c(cc5O4)C(=O)N(C4CCC(=O)NC4=O)C6=O)CC3)CC2)n1. The van der Waals surface area contributed by atoms with Crippen LogP contribution in [-0.4, -0.2) is 136 Å². The zero-order chi connectivity index (χ0) is 45.4. The molecule has 9 rings (SSSR count). The number of imide groups is 2. The van der Waals surface area contributed by atoms with Crippen molar-refractivity contribution in [2.24, 2.45) is 0 Å². The maximum atomic E-state index is 13.4. The molecule has 20 heteroatoms. The maximum absolute atomic E-state index is 13.4. The molecule has 5 aliphatic rings. The number of hydrogen-bond acceptors (Lipinski definition) is 15. The molecule has 0 saturated carbocycles. The van der Waals surface area contributed by atoms with E-state index in [2.05, 4.69) is 40.7 Å². The number of hydrogen-bond donors (Lipinski definition) is 3. The Bertz CT molecular complexity index is 2550. The molecule has 18 nitrogen and oxygen atoms in total. The molecule has 0 aliphatic carbocycles. The van der Waals surface area contributed by atoms with Gasteiger partial charge in [-0.15, -0.1) is 0 Å². The molecule has 3 saturated heterocycles. The number of aromatic nitrogens is 3. The highest BCUT2D eigenvalue weighted by Gasteiger charge is 2.47. The first-order valence-electron chi connectivity index (χ1n) is 21.9. The number of piperazine rings is 1. The van der Waals surface area contributed by atoms with Crippen LogP contribution >= 0.6 is 22.9 Å². The van der Waals surface area contributed by atoms with Crippen molar-refractivity contribution in [3.8, 4) is 5.75 Å². The third kappa shape index (κ3) is 9.41. The van der Waals surface area contributed by atoms with Crippen molar-refractivity contribution in [1.29, 1.82) is 0 Å². The molecule has 2 aromatic carbocycles. The molecule has 4 aromatic rings. The molecule has 7 heterocycles. The summed E-state index contributed by atoms with van der Waals surface area (Å²) in [4.78, 5) is 98.4. The zero-order valence-electron chi connectivity index (χ0n) is 36.1. The Balaban J connectivity index is 0.685. The van der Waals surface area contributed by atoms with Gasteiger partial charge >= 0.3 is 0 Å². The normalized spacial score (nSPS) is 19.5. The van der Waals surface area contributed by atoms with Crippen molar-refractivity contribution >= 4 is 80.8 Å². The first-order valence-corrected chi connectivity index (χ1v) is 23.1. The Hall–Kier alpha value is -6.02. The van der Waals surface area contributed by atoms with Gasteiger partial charge in [0.05, 0.1) is 47.7 Å². The number of nitrogens with one attached hydrogen (secondary N) is 3. The summed E-state index contributed by atoms with van der Waals surface area (Å²) in [6, 6.07) is 9.63. The van der Waals surface area contributed by atoms with Gasteiger partial charge in [-0.3, -0.25) is 43.9 Å². The molecule has 1 unspecified atom stereocenters. The molecule has 3 N–H and O–H groups in total. The number of fused-ring (bicyclic) bond motifs is 2. The number of anilines is 4. The number of para-hydroxylation sites is 1. The van der Waals surface area contributed by atoms with Crippen molar-refractivity contribution in [2.45, 2.75) is 70.4 Å². The highest BCUT2D eigenvalue weighted by Crippen LogP contribution is 2.42. The Morgan fingerprint density at radius 3 is 2.48 bits per heavy atom. The number of piperidine rings is 2. The van der Waals surface area contributed by atoms with E-state index in [-0.39, 0.29) is 42.2 Å². The largest absolute Gasteiger partial charge is 0.487 e. The van der Waals surface area contributed by atoms with E-state index in [9.17, 15) is 28.8 Å². The van der Waals surface area contributed by atoms with E-state index in [4.69, 9.17) is 21.1 Å². The van der Waals surface area contributed by atoms with E-state index in [0.29, 0.717) is 83.7 Å². The van der Waals surface area contributed by atoms with Crippen LogP contribution < -0.4 is 25.6 Å². The van der Waals surface area contributed by atoms with Crippen LogP contribution in [0.4, 0.5) is 22.5 Å². The quantitative estimate of drug-likeness (QED) is 0.132. The van der Waals surface area contributed by atoms with Gasteiger partial charge in [0.15, 0.2) is 5.13 Å². The van der Waals surface area contributed by atoms with Gasteiger partial charge in [-0.1, -0.05) is 35.1 Å². The summed E-state index contributed by atoms with van der Waals surface area (Å²) in [5.41, 5.74) is 2.24. The molecule has 2 aromatic heterocycles. The number of nitrogens with zero attached hydrogens (tertiary/aromatic N) is 7. The third-order valence-corrected chi connectivity index (χ3v) is 14.0. The summed E-state index contributed by atoms with van der Waals surface area (Å²) in [5, 5.41) is 9.34. The summed E-state index contributed by atoms with van der Waals surface area (Å²) in [5.74, 6) is 0.144. The van der Waals surface area contributed by atoms with Crippen LogP contribution in [0.1, 0.15) is 85.9 Å². The molecule has 65 heavy (non-hydrogen) atoms. The van der Waals surface area contributed by atoms with Crippen LogP contribution in [0, 0.1) is 13.8 Å². The van der Waals surface area contributed by atoms with E-state index in [1.807, 2.05) is 36.9 Å². The number of carbonyl (C=O) groups is 6. The molecule has 3 fully saturated rings. The van der Waals surface area contributed by atoms with Gasteiger partial charge in [-0.05, 0) is 62.4 Å². The minimum atomic E-state index is -1.03. The number of amides is 6. The van der Waals surface area contributed by atoms with Crippen LogP contribution in [0.2, 0.25) is 5.02 Å². The standard InChI is InChI=1S/C45H49ClN10O8S/c1-26-4-3-5-31(46)39(26)52-41(60)34-25-47-44(65-34)50-35-24-36(49-27(2)48-35)54-17-15-53(16-18-54)19-21-63-20-9-38(58)55-13-11-45(12-14-55)10-8-28-22-29-30(23-33(28)64-45)43(62)56(42(29)61)32-6-7-37(57)51-40(32)59/h3-5,22-25,32H,6-21H2,1-2H3,(H,52,60)(H,51,57,59)(H,47,48,49,50). The monoisotopic (exact) mass is 924 g/mol. The van der Waals surface area contributed by atoms with E-state index in [1.165, 1.54) is 17.5 Å². The number of rotatable bonds is 12. The second-order valence-electron chi connectivity index (χ2n) is 17.0. The number of benzene rings is 2. The van der Waals surface area contributed by atoms with Crippen LogP contribution in [0.3, 0.4) is 0 Å². The van der Waals surface area contributed by atoms with Gasteiger partial charge in [0.25, 0.3) is 17.7 Å². The molecule has 340 valence electrons. The molecule has 1 atom stereocenters. The van der Waals surface area contributed by atoms with Crippen molar-refractivity contribution < 1.29 is 38.2 Å². The van der Waals surface area contributed by atoms with Gasteiger partial charge < -0.3 is 29.9 Å². The van der Waals surface area contributed by atoms with Crippen LogP contribution in [0.25, 0.3) is 0 Å². The van der Waals surface area contributed by atoms with Gasteiger partial charge in [0.2, 0.25) is 17.7 Å². The highest BCUT2D eigenvalue weighted by atomic mass is 35.5. The predicted octanol–water partition coefficient (Wildman–Crippen LogP) is 4.52. The lowest BCUT2D eigenvalue weighted by molar-refractivity contribution is -0.137. The van der Waals surface area contributed by atoms with Gasteiger partial charge in [-0.2, -0.15) is 0 Å². The molecule has 0 bridgehead atoms. The average molecular weight is 925 g/mol. The number of ether oxygens (including phenoxy) is 2. The fraction of sp³-hybridized carbons (Fsp3) is 0.444. The molecule has 1 spiro atoms. The number of likely N-dealkylation sites (tertiary alicyclic amines) is 1. The maximum Gasteiger partial charge on any atom is 0.267 e. The summed E-state index contributed by atoms with van der Waals surface area (Å²) in [6.07, 6.45) is 4.62. The van der Waals surface area contributed by atoms with Crippen LogP contribution in [-0.2, 0) is 25.5 Å². The molecule has 0 radical (unpaired) electrons. The average Bonchev–Trinajstić information content (AvgIpc) is 3.85. The van der Waals surface area contributed by atoms with E-state index in [1.54, 1.807) is 18.2 Å².